The van der Waals surface area contributed by atoms with Gasteiger partial charge in [0, 0.05) is 33.1 Å². The van der Waals surface area contributed by atoms with E-state index in [0.717, 1.165) is 36.1 Å². The van der Waals surface area contributed by atoms with Gasteiger partial charge < -0.3 is 14.8 Å². The van der Waals surface area contributed by atoms with E-state index in [1.807, 2.05) is 28.0 Å². The van der Waals surface area contributed by atoms with E-state index in [9.17, 15) is 9.59 Å². The zero-order chi connectivity index (χ0) is 15.5. The summed E-state index contributed by atoms with van der Waals surface area (Å²) in [7, 11) is 0. The number of nitrogens with one attached hydrogen (secondary N) is 1. The Balaban J connectivity index is 1.64. The van der Waals surface area contributed by atoms with Crippen LogP contribution in [0.15, 0.2) is 24.5 Å². The first-order valence-corrected chi connectivity index (χ1v) is 7.59. The molecule has 1 aliphatic rings. The van der Waals surface area contributed by atoms with Crippen molar-refractivity contribution in [2.45, 2.75) is 19.8 Å². The Labute approximate surface area is 129 Å². The SMILES string of the molecule is CC(=O)N1CCCN(C(=O)Cc2ccc3nc[nH]c3c2)CC1. The maximum absolute atomic E-state index is 12.5. The summed E-state index contributed by atoms with van der Waals surface area (Å²) in [6.07, 6.45) is 2.88. The van der Waals surface area contributed by atoms with E-state index in [-0.39, 0.29) is 11.8 Å². The maximum Gasteiger partial charge on any atom is 0.227 e. The molecule has 1 aliphatic heterocycles. The Morgan fingerprint density at radius 3 is 2.77 bits per heavy atom. The molecule has 1 aromatic carbocycles. The number of aromatic nitrogens is 2. The van der Waals surface area contributed by atoms with E-state index in [1.54, 1.807) is 13.3 Å². The molecule has 22 heavy (non-hydrogen) atoms. The van der Waals surface area contributed by atoms with Crippen LogP contribution in [0.1, 0.15) is 18.9 Å². The van der Waals surface area contributed by atoms with Crippen LogP contribution in [0.3, 0.4) is 0 Å². The van der Waals surface area contributed by atoms with Gasteiger partial charge in [-0.25, -0.2) is 4.98 Å². The van der Waals surface area contributed by atoms with E-state index in [1.165, 1.54) is 0 Å². The summed E-state index contributed by atoms with van der Waals surface area (Å²) < 4.78 is 0. The number of imidazole rings is 1. The first kappa shape index (κ1) is 14.6. The zero-order valence-corrected chi connectivity index (χ0v) is 12.7. The van der Waals surface area contributed by atoms with Gasteiger partial charge in [-0.1, -0.05) is 6.07 Å². The molecule has 1 aromatic heterocycles. The van der Waals surface area contributed by atoms with E-state index in [4.69, 9.17) is 0 Å². The predicted octanol–water partition coefficient (Wildman–Crippen LogP) is 1.19. The summed E-state index contributed by atoms with van der Waals surface area (Å²) in [4.78, 5) is 34.8. The van der Waals surface area contributed by atoms with Gasteiger partial charge in [0.05, 0.1) is 23.8 Å². The molecule has 0 saturated carbocycles. The Kier molecular flexibility index (Phi) is 4.09. The lowest BCUT2D eigenvalue weighted by Gasteiger charge is -2.21. The number of hydrogen-bond donors (Lipinski definition) is 1. The number of carbonyl (C=O) groups is 2. The van der Waals surface area contributed by atoms with Crippen LogP contribution in [0.2, 0.25) is 0 Å². The lowest BCUT2D eigenvalue weighted by atomic mass is 10.1. The van der Waals surface area contributed by atoms with E-state index < -0.39 is 0 Å². The largest absolute Gasteiger partial charge is 0.345 e. The molecule has 1 N–H and O–H groups in total. The van der Waals surface area contributed by atoms with E-state index >= 15 is 0 Å². The Morgan fingerprint density at radius 2 is 1.95 bits per heavy atom. The van der Waals surface area contributed by atoms with Gasteiger partial charge in [-0.2, -0.15) is 0 Å². The fraction of sp³-hybridized carbons (Fsp3) is 0.438. The first-order chi connectivity index (χ1) is 10.6. The summed E-state index contributed by atoms with van der Waals surface area (Å²) in [6.45, 7) is 4.27. The van der Waals surface area contributed by atoms with E-state index in [2.05, 4.69) is 9.97 Å². The third-order valence-electron chi connectivity index (χ3n) is 4.13. The molecular formula is C16H20N4O2. The minimum atomic E-state index is 0.0824. The molecule has 1 fully saturated rings. The van der Waals surface area contributed by atoms with Crippen molar-refractivity contribution in [2.75, 3.05) is 26.2 Å². The molecule has 3 rings (SSSR count). The number of nitrogens with zero attached hydrogens (tertiary/aromatic N) is 3. The van der Waals surface area contributed by atoms with Gasteiger partial charge in [-0.3, -0.25) is 9.59 Å². The average molecular weight is 300 g/mol. The van der Waals surface area contributed by atoms with Gasteiger partial charge in [0.2, 0.25) is 11.8 Å². The minimum absolute atomic E-state index is 0.0824. The number of H-pyrrole nitrogens is 1. The van der Waals surface area contributed by atoms with Crippen molar-refractivity contribution in [1.29, 1.82) is 0 Å². The zero-order valence-electron chi connectivity index (χ0n) is 12.7. The van der Waals surface area contributed by atoms with Crippen molar-refractivity contribution >= 4 is 22.8 Å². The number of carbonyl (C=O) groups excluding carboxylic acids is 2. The molecule has 2 aromatic rings. The fourth-order valence-corrected chi connectivity index (χ4v) is 2.86. The number of amides is 2. The van der Waals surface area contributed by atoms with Crippen molar-refractivity contribution in [3.05, 3.63) is 30.1 Å². The molecule has 6 nitrogen and oxygen atoms in total. The summed E-state index contributed by atoms with van der Waals surface area (Å²) in [6, 6.07) is 5.84. The molecule has 6 heteroatoms. The van der Waals surface area contributed by atoms with Crippen molar-refractivity contribution in [3.8, 4) is 0 Å². The quantitative estimate of drug-likeness (QED) is 0.905. The van der Waals surface area contributed by atoms with Crippen LogP contribution in [0.25, 0.3) is 11.0 Å². The van der Waals surface area contributed by atoms with Crippen LogP contribution in [-0.2, 0) is 16.0 Å². The highest BCUT2D eigenvalue weighted by Crippen LogP contribution is 2.13. The Hall–Kier alpha value is -2.37. The van der Waals surface area contributed by atoms with Crippen LogP contribution in [0, 0.1) is 0 Å². The van der Waals surface area contributed by atoms with Crippen LogP contribution in [0.5, 0.6) is 0 Å². The predicted molar refractivity (Wildman–Crippen MR) is 83.2 cm³/mol. The van der Waals surface area contributed by atoms with Gasteiger partial charge in [-0.15, -0.1) is 0 Å². The normalized spacial score (nSPS) is 15.9. The van der Waals surface area contributed by atoms with Crippen LogP contribution < -0.4 is 0 Å². The average Bonchev–Trinajstić information content (AvgIpc) is 2.80. The monoisotopic (exact) mass is 300 g/mol. The number of hydrogen-bond acceptors (Lipinski definition) is 3. The van der Waals surface area contributed by atoms with Gasteiger partial charge >= 0.3 is 0 Å². The second kappa shape index (κ2) is 6.17. The van der Waals surface area contributed by atoms with Crippen LogP contribution in [0.4, 0.5) is 0 Å². The fourth-order valence-electron chi connectivity index (χ4n) is 2.86. The lowest BCUT2D eigenvalue weighted by molar-refractivity contribution is -0.132. The lowest BCUT2D eigenvalue weighted by Crippen LogP contribution is -2.37. The highest BCUT2D eigenvalue weighted by molar-refractivity contribution is 5.81. The molecule has 0 aliphatic carbocycles. The topological polar surface area (TPSA) is 69.3 Å². The van der Waals surface area contributed by atoms with Crippen molar-refractivity contribution in [1.82, 2.24) is 19.8 Å². The molecule has 2 amide bonds. The highest BCUT2D eigenvalue weighted by Gasteiger charge is 2.20. The van der Waals surface area contributed by atoms with E-state index in [0.29, 0.717) is 19.5 Å². The van der Waals surface area contributed by atoms with Crippen molar-refractivity contribution < 1.29 is 9.59 Å². The first-order valence-electron chi connectivity index (χ1n) is 7.59. The summed E-state index contributed by atoms with van der Waals surface area (Å²) in [5, 5.41) is 0. The molecule has 0 spiro atoms. The third-order valence-corrected chi connectivity index (χ3v) is 4.13. The highest BCUT2D eigenvalue weighted by atomic mass is 16.2. The van der Waals surface area contributed by atoms with Crippen LogP contribution in [-0.4, -0.2) is 57.8 Å². The number of fused-ring (bicyclic) bond motifs is 1. The number of benzene rings is 1. The standard InChI is InChI=1S/C16H20N4O2/c1-12(21)19-5-2-6-20(8-7-19)16(22)10-13-3-4-14-15(9-13)18-11-17-14/h3-4,9,11H,2,5-8,10H2,1H3,(H,17,18). The minimum Gasteiger partial charge on any atom is -0.345 e. The summed E-state index contributed by atoms with van der Waals surface area (Å²) >= 11 is 0. The third kappa shape index (κ3) is 3.10. The van der Waals surface area contributed by atoms with Crippen molar-refractivity contribution in [2.24, 2.45) is 0 Å². The van der Waals surface area contributed by atoms with Crippen LogP contribution >= 0.6 is 0 Å². The molecular weight excluding hydrogens is 280 g/mol. The molecule has 0 bridgehead atoms. The molecule has 116 valence electrons. The van der Waals surface area contributed by atoms with Crippen molar-refractivity contribution in [3.63, 3.8) is 0 Å². The smallest absolute Gasteiger partial charge is 0.227 e. The Morgan fingerprint density at radius 1 is 1.18 bits per heavy atom. The second-order valence-corrected chi connectivity index (χ2v) is 5.67. The van der Waals surface area contributed by atoms with Gasteiger partial charge in [0.25, 0.3) is 0 Å². The maximum atomic E-state index is 12.5. The Bertz CT molecular complexity index is 694. The summed E-state index contributed by atoms with van der Waals surface area (Å²) in [5.74, 6) is 0.197. The van der Waals surface area contributed by atoms with Gasteiger partial charge in [0.15, 0.2) is 0 Å². The molecule has 0 unspecified atom stereocenters. The molecule has 2 heterocycles. The second-order valence-electron chi connectivity index (χ2n) is 5.67. The van der Waals surface area contributed by atoms with Gasteiger partial charge in [0.1, 0.15) is 0 Å². The molecule has 0 radical (unpaired) electrons. The van der Waals surface area contributed by atoms with Gasteiger partial charge in [-0.05, 0) is 24.1 Å². The molecule has 0 atom stereocenters. The summed E-state index contributed by atoms with van der Waals surface area (Å²) in [5.41, 5.74) is 2.83. The number of aromatic amines is 1. The number of rotatable bonds is 2. The molecule has 1 saturated heterocycles.